The molecule has 0 radical (unpaired) electrons. The molecule has 1 saturated heterocycles. The van der Waals surface area contributed by atoms with Crippen LogP contribution in [0.25, 0.3) is 0 Å². The summed E-state index contributed by atoms with van der Waals surface area (Å²) in [6, 6.07) is 0. The van der Waals surface area contributed by atoms with Crippen LogP contribution in [-0.2, 0) is 16.7 Å². The Hall–Kier alpha value is -0.980. The molecule has 0 aliphatic carbocycles. The number of aromatic nitrogens is 2. The zero-order valence-corrected chi connectivity index (χ0v) is 11.3. The van der Waals surface area contributed by atoms with Gasteiger partial charge in [-0.2, -0.15) is 0 Å². The van der Waals surface area contributed by atoms with Gasteiger partial charge in [0.2, 0.25) is 11.8 Å². The average Bonchev–Trinajstić information content (AvgIpc) is 2.77. The fourth-order valence-corrected chi connectivity index (χ4v) is 1.88. The fraction of sp³-hybridized carbons (Fsp3) is 0.833. The first-order valence-electron chi connectivity index (χ1n) is 6.36. The van der Waals surface area contributed by atoms with Gasteiger partial charge in [0.05, 0.1) is 19.3 Å². The minimum Gasteiger partial charge on any atom is -0.423 e. The Morgan fingerprint density at radius 3 is 2.78 bits per heavy atom. The maximum atomic E-state index is 5.68. The average molecular weight is 254 g/mol. The zero-order chi connectivity index (χ0) is 13.2. The van der Waals surface area contributed by atoms with Gasteiger partial charge in [-0.15, -0.1) is 10.2 Å². The highest BCUT2D eigenvalue weighted by Crippen LogP contribution is 2.21. The molecule has 102 valence electrons. The summed E-state index contributed by atoms with van der Waals surface area (Å²) in [5, 5.41) is 8.19. The van der Waals surface area contributed by atoms with Crippen molar-refractivity contribution in [2.24, 2.45) is 5.73 Å². The van der Waals surface area contributed by atoms with Crippen molar-refractivity contribution in [1.29, 1.82) is 0 Å². The van der Waals surface area contributed by atoms with Gasteiger partial charge in [-0.25, -0.2) is 0 Å². The molecule has 1 unspecified atom stereocenters. The highest BCUT2D eigenvalue weighted by atomic mass is 16.5. The van der Waals surface area contributed by atoms with Crippen molar-refractivity contribution in [2.45, 2.75) is 38.8 Å². The van der Waals surface area contributed by atoms with E-state index in [0.717, 1.165) is 13.1 Å². The Morgan fingerprint density at radius 1 is 1.39 bits per heavy atom. The lowest BCUT2D eigenvalue weighted by atomic mass is 9.97. The van der Waals surface area contributed by atoms with E-state index in [2.05, 4.69) is 35.9 Å². The van der Waals surface area contributed by atoms with Gasteiger partial charge in [0.25, 0.3) is 0 Å². The monoisotopic (exact) mass is 254 g/mol. The van der Waals surface area contributed by atoms with Crippen molar-refractivity contribution in [1.82, 2.24) is 15.1 Å². The van der Waals surface area contributed by atoms with Gasteiger partial charge in [-0.3, -0.25) is 4.90 Å². The molecule has 6 nitrogen and oxygen atoms in total. The van der Waals surface area contributed by atoms with E-state index < -0.39 is 0 Å². The summed E-state index contributed by atoms with van der Waals surface area (Å²) in [7, 11) is 0. The zero-order valence-electron chi connectivity index (χ0n) is 11.3. The molecule has 0 saturated carbocycles. The van der Waals surface area contributed by atoms with Crippen LogP contribution in [0.15, 0.2) is 4.42 Å². The summed E-state index contributed by atoms with van der Waals surface area (Å²) in [5.41, 5.74) is 5.52. The minimum atomic E-state index is -0.101. The molecule has 0 bridgehead atoms. The van der Waals surface area contributed by atoms with Crippen LogP contribution in [0.2, 0.25) is 0 Å². The first-order chi connectivity index (χ1) is 8.49. The number of nitrogens with zero attached hydrogens (tertiary/aromatic N) is 3. The predicted molar refractivity (Wildman–Crippen MR) is 67.1 cm³/mol. The molecule has 1 aliphatic rings. The second kappa shape index (κ2) is 5.34. The molecule has 0 amide bonds. The molecule has 2 rings (SSSR count). The van der Waals surface area contributed by atoms with Crippen molar-refractivity contribution in [3.05, 3.63) is 11.8 Å². The molecule has 0 aromatic carbocycles. The number of nitrogens with two attached hydrogens (primary N) is 1. The lowest BCUT2D eigenvalue weighted by molar-refractivity contribution is -0.0285. The molecule has 1 aliphatic heterocycles. The highest BCUT2D eigenvalue weighted by Gasteiger charge is 2.24. The molecule has 18 heavy (non-hydrogen) atoms. The molecule has 6 heteroatoms. The molecular weight excluding hydrogens is 232 g/mol. The van der Waals surface area contributed by atoms with Crippen molar-refractivity contribution in [2.75, 3.05) is 26.2 Å². The third-order valence-electron chi connectivity index (χ3n) is 2.95. The van der Waals surface area contributed by atoms with Crippen LogP contribution in [-0.4, -0.2) is 47.4 Å². The van der Waals surface area contributed by atoms with E-state index in [1.54, 1.807) is 0 Å². The Labute approximate surface area is 107 Å². The third kappa shape index (κ3) is 3.28. The second-order valence-electron chi connectivity index (χ2n) is 5.71. The predicted octanol–water partition coefficient (Wildman–Crippen LogP) is 0.527. The van der Waals surface area contributed by atoms with Crippen LogP contribution in [0.4, 0.5) is 0 Å². The van der Waals surface area contributed by atoms with E-state index in [1.165, 1.54) is 0 Å². The van der Waals surface area contributed by atoms with Gasteiger partial charge < -0.3 is 14.9 Å². The van der Waals surface area contributed by atoms with Gasteiger partial charge in [-0.1, -0.05) is 20.8 Å². The number of hydrogen-bond donors (Lipinski definition) is 1. The maximum absolute atomic E-state index is 5.68. The Bertz CT molecular complexity index is 386. The van der Waals surface area contributed by atoms with Crippen molar-refractivity contribution in [3.8, 4) is 0 Å². The van der Waals surface area contributed by atoms with Gasteiger partial charge in [0.15, 0.2) is 0 Å². The van der Waals surface area contributed by atoms with Gasteiger partial charge >= 0.3 is 0 Å². The quantitative estimate of drug-likeness (QED) is 0.847. The Balaban J connectivity index is 1.95. The van der Waals surface area contributed by atoms with Crippen molar-refractivity contribution in [3.63, 3.8) is 0 Å². The molecular formula is C12H22N4O2. The molecule has 1 aromatic rings. The molecule has 1 atom stereocenters. The standard InChI is InChI=1S/C12H22N4O2/c1-12(2,3)11-15-14-10(18-11)8-16-4-5-17-9(6-13)7-16/h9H,4-8,13H2,1-3H3. The van der Waals surface area contributed by atoms with E-state index in [1.807, 2.05) is 0 Å². The first kappa shape index (κ1) is 13.5. The van der Waals surface area contributed by atoms with Crippen LogP contribution in [0.5, 0.6) is 0 Å². The van der Waals surface area contributed by atoms with Gasteiger partial charge in [-0.05, 0) is 0 Å². The van der Waals surface area contributed by atoms with Gasteiger partial charge in [0.1, 0.15) is 0 Å². The molecule has 2 N–H and O–H groups in total. The first-order valence-corrected chi connectivity index (χ1v) is 6.36. The van der Waals surface area contributed by atoms with Crippen LogP contribution in [0, 0.1) is 0 Å². The number of rotatable bonds is 3. The lowest BCUT2D eigenvalue weighted by Gasteiger charge is -2.31. The maximum Gasteiger partial charge on any atom is 0.230 e. The SMILES string of the molecule is CC(C)(C)c1nnc(CN2CCOC(CN)C2)o1. The van der Waals surface area contributed by atoms with Crippen molar-refractivity contribution < 1.29 is 9.15 Å². The van der Waals surface area contributed by atoms with E-state index in [0.29, 0.717) is 31.5 Å². The summed E-state index contributed by atoms with van der Waals surface area (Å²) in [6.45, 7) is 9.81. The van der Waals surface area contributed by atoms with Gasteiger partial charge in [0, 0.05) is 25.0 Å². The Kier molecular flexibility index (Phi) is 3.99. The van der Waals surface area contributed by atoms with Crippen molar-refractivity contribution >= 4 is 0 Å². The summed E-state index contributed by atoms with van der Waals surface area (Å²) in [4.78, 5) is 2.24. The lowest BCUT2D eigenvalue weighted by Crippen LogP contribution is -2.45. The Morgan fingerprint density at radius 2 is 2.17 bits per heavy atom. The number of ether oxygens (including phenoxy) is 1. The number of hydrogen-bond acceptors (Lipinski definition) is 6. The van der Waals surface area contributed by atoms with E-state index >= 15 is 0 Å². The summed E-state index contributed by atoms with van der Waals surface area (Å²) >= 11 is 0. The van der Waals surface area contributed by atoms with Crippen LogP contribution in [0.3, 0.4) is 0 Å². The normalized spacial score (nSPS) is 22.3. The summed E-state index contributed by atoms with van der Waals surface area (Å²) in [6.07, 6.45) is 0.115. The number of morpholine rings is 1. The second-order valence-corrected chi connectivity index (χ2v) is 5.71. The van der Waals surface area contributed by atoms with E-state index in [9.17, 15) is 0 Å². The van der Waals surface area contributed by atoms with Crippen LogP contribution >= 0.6 is 0 Å². The highest BCUT2D eigenvalue weighted by molar-refractivity contribution is 4.96. The molecule has 1 fully saturated rings. The molecule has 0 spiro atoms. The van der Waals surface area contributed by atoms with E-state index in [4.69, 9.17) is 14.9 Å². The van der Waals surface area contributed by atoms with E-state index in [-0.39, 0.29) is 11.5 Å². The largest absolute Gasteiger partial charge is 0.423 e. The van der Waals surface area contributed by atoms with Crippen LogP contribution in [0.1, 0.15) is 32.6 Å². The minimum absolute atomic E-state index is 0.101. The fourth-order valence-electron chi connectivity index (χ4n) is 1.88. The third-order valence-corrected chi connectivity index (χ3v) is 2.95. The topological polar surface area (TPSA) is 77.4 Å². The molecule has 1 aromatic heterocycles. The summed E-state index contributed by atoms with van der Waals surface area (Å²) < 4.78 is 11.2. The smallest absolute Gasteiger partial charge is 0.230 e. The van der Waals surface area contributed by atoms with Crippen LogP contribution < -0.4 is 5.73 Å². The summed E-state index contributed by atoms with van der Waals surface area (Å²) in [5.74, 6) is 1.35. The molecule has 2 heterocycles.